The molecule has 0 atom stereocenters. The van der Waals surface area contributed by atoms with E-state index in [4.69, 9.17) is 4.74 Å². The molecule has 0 amide bonds. The Labute approximate surface area is 101 Å². The Bertz CT molecular complexity index is 234. The van der Waals surface area contributed by atoms with Crippen LogP contribution in [0.25, 0.3) is 0 Å². The maximum atomic E-state index is 11.4. The molecule has 0 N–H and O–H groups in total. The van der Waals surface area contributed by atoms with Gasteiger partial charge in [-0.25, -0.2) is 0 Å². The second kappa shape index (κ2) is 7.71. The zero-order chi connectivity index (χ0) is 11.8. The lowest BCUT2D eigenvalue weighted by atomic mass is 10.0. The fraction of sp³-hybridized carbons (Fsp3) is 0.833. The number of carbonyl (C=O) groups is 2. The average Bonchev–Trinajstić information content (AvgIpc) is 2.28. The van der Waals surface area contributed by atoms with Gasteiger partial charge in [-0.3, -0.25) is 9.59 Å². The predicted octanol–water partition coefficient (Wildman–Crippen LogP) is 2.57. The van der Waals surface area contributed by atoms with Gasteiger partial charge in [0.25, 0.3) is 0 Å². The first-order valence-corrected chi connectivity index (χ1v) is 7.06. The van der Waals surface area contributed by atoms with Gasteiger partial charge in [0.1, 0.15) is 6.42 Å². The van der Waals surface area contributed by atoms with Crippen LogP contribution >= 0.6 is 11.8 Å². The summed E-state index contributed by atoms with van der Waals surface area (Å²) in [5.74, 6) is 0.0643. The van der Waals surface area contributed by atoms with Crippen molar-refractivity contribution >= 4 is 23.5 Å². The third-order valence-corrected chi connectivity index (χ3v) is 4.11. The summed E-state index contributed by atoms with van der Waals surface area (Å²) in [4.78, 5) is 22.5. The lowest BCUT2D eigenvalue weighted by Crippen LogP contribution is -2.16. The lowest BCUT2D eigenvalue weighted by Gasteiger charge is -2.20. The normalized spacial score (nSPS) is 17.1. The molecule has 0 aromatic heterocycles. The van der Waals surface area contributed by atoms with E-state index in [1.807, 2.05) is 0 Å². The van der Waals surface area contributed by atoms with Crippen molar-refractivity contribution in [3.05, 3.63) is 0 Å². The van der Waals surface area contributed by atoms with Crippen LogP contribution in [0.4, 0.5) is 0 Å². The first kappa shape index (κ1) is 13.6. The highest BCUT2D eigenvalue weighted by Gasteiger charge is 2.16. The van der Waals surface area contributed by atoms with Crippen LogP contribution in [0.15, 0.2) is 0 Å². The first-order chi connectivity index (χ1) is 7.72. The van der Waals surface area contributed by atoms with E-state index in [1.54, 1.807) is 18.7 Å². The number of ether oxygens (including phenoxy) is 1. The molecule has 16 heavy (non-hydrogen) atoms. The van der Waals surface area contributed by atoms with E-state index < -0.39 is 5.97 Å². The Morgan fingerprint density at radius 3 is 2.56 bits per heavy atom. The smallest absolute Gasteiger partial charge is 0.313 e. The van der Waals surface area contributed by atoms with Crippen LogP contribution in [0.3, 0.4) is 0 Å². The number of hydrogen-bond acceptors (Lipinski definition) is 4. The van der Waals surface area contributed by atoms with E-state index in [2.05, 4.69) is 0 Å². The van der Waals surface area contributed by atoms with E-state index in [0.29, 0.717) is 17.6 Å². The van der Waals surface area contributed by atoms with E-state index in [0.717, 1.165) is 0 Å². The SMILES string of the molecule is CCOC(=O)CC(=O)CSC1CCCCC1. The topological polar surface area (TPSA) is 43.4 Å². The van der Waals surface area contributed by atoms with Crippen molar-refractivity contribution in [2.75, 3.05) is 12.4 Å². The molecule has 4 heteroatoms. The fourth-order valence-corrected chi connectivity index (χ4v) is 3.06. The summed E-state index contributed by atoms with van der Waals surface area (Å²) in [5.41, 5.74) is 0. The molecule has 0 aliphatic heterocycles. The quantitative estimate of drug-likeness (QED) is 0.532. The Morgan fingerprint density at radius 2 is 1.94 bits per heavy atom. The molecule has 1 aliphatic rings. The minimum absolute atomic E-state index is 0.00553. The van der Waals surface area contributed by atoms with Gasteiger partial charge in [0.15, 0.2) is 5.78 Å². The number of rotatable bonds is 6. The van der Waals surface area contributed by atoms with Crippen molar-refractivity contribution in [2.45, 2.75) is 50.7 Å². The number of hydrogen-bond donors (Lipinski definition) is 0. The predicted molar refractivity (Wildman–Crippen MR) is 65.6 cm³/mol. The van der Waals surface area contributed by atoms with Gasteiger partial charge in [0.05, 0.1) is 12.4 Å². The van der Waals surface area contributed by atoms with Crippen LogP contribution in [-0.2, 0) is 14.3 Å². The van der Waals surface area contributed by atoms with Gasteiger partial charge in [-0.15, -0.1) is 0 Å². The number of ketones is 1. The molecule has 3 nitrogen and oxygen atoms in total. The summed E-state index contributed by atoms with van der Waals surface area (Å²) in [6.07, 6.45) is 6.27. The zero-order valence-electron chi connectivity index (χ0n) is 9.87. The monoisotopic (exact) mass is 244 g/mol. The van der Waals surface area contributed by atoms with E-state index >= 15 is 0 Å². The molecule has 0 bridgehead atoms. The van der Waals surface area contributed by atoms with Crippen LogP contribution in [0, 0.1) is 0 Å². The van der Waals surface area contributed by atoms with Crippen molar-refractivity contribution in [2.24, 2.45) is 0 Å². The standard InChI is InChI=1S/C12H20O3S/c1-2-15-12(14)8-10(13)9-16-11-6-4-3-5-7-11/h11H,2-9H2,1H3. The largest absolute Gasteiger partial charge is 0.466 e. The Kier molecular flexibility index (Phi) is 6.53. The van der Waals surface area contributed by atoms with Crippen LogP contribution in [0.5, 0.6) is 0 Å². The van der Waals surface area contributed by atoms with Crippen molar-refractivity contribution in [3.63, 3.8) is 0 Å². The van der Waals surface area contributed by atoms with E-state index in [9.17, 15) is 9.59 Å². The van der Waals surface area contributed by atoms with Gasteiger partial charge >= 0.3 is 5.97 Å². The van der Waals surface area contributed by atoms with Gasteiger partial charge < -0.3 is 4.74 Å². The van der Waals surface area contributed by atoms with Crippen molar-refractivity contribution in [1.29, 1.82) is 0 Å². The molecule has 1 rings (SSSR count). The zero-order valence-corrected chi connectivity index (χ0v) is 10.7. The van der Waals surface area contributed by atoms with Gasteiger partial charge in [-0.2, -0.15) is 11.8 Å². The molecule has 0 unspecified atom stereocenters. The number of esters is 1. The molecule has 1 fully saturated rings. The highest BCUT2D eigenvalue weighted by atomic mass is 32.2. The molecule has 0 radical (unpaired) electrons. The highest BCUT2D eigenvalue weighted by Crippen LogP contribution is 2.28. The third-order valence-electron chi connectivity index (χ3n) is 2.68. The molecule has 0 spiro atoms. The summed E-state index contributed by atoms with van der Waals surface area (Å²) in [5, 5.41) is 0.625. The number of Topliss-reactive ketones (excluding diaryl/α,β-unsaturated/α-hetero) is 1. The second-order valence-electron chi connectivity index (χ2n) is 4.09. The van der Waals surface area contributed by atoms with E-state index in [-0.39, 0.29) is 12.2 Å². The third kappa shape index (κ3) is 5.54. The highest BCUT2D eigenvalue weighted by molar-refractivity contribution is 8.00. The van der Waals surface area contributed by atoms with Crippen LogP contribution in [0.1, 0.15) is 45.4 Å². The minimum Gasteiger partial charge on any atom is -0.466 e. The van der Waals surface area contributed by atoms with Crippen molar-refractivity contribution in [1.82, 2.24) is 0 Å². The summed E-state index contributed by atoms with van der Waals surface area (Å²) in [6, 6.07) is 0. The molecule has 0 heterocycles. The Balaban J connectivity index is 2.11. The van der Waals surface area contributed by atoms with Crippen molar-refractivity contribution in [3.8, 4) is 0 Å². The van der Waals surface area contributed by atoms with E-state index in [1.165, 1.54) is 32.1 Å². The Hall–Kier alpha value is -0.510. The maximum absolute atomic E-state index is 11.4. The maximum Gasteiger partial charge on any atom is 0.313 e. The summed E-state index contributed by atoms with van der Waals surface area (Å²) in [6.45, 7) is 2.10. The second-order valence-corrected chi connectivity index (χ2v) is 5.38. The minimum atomic E-state index is -0.392. The van der Waals surface area contributed by atoms with Crippen LogP contribution in [0.2, 0.25) is 0 Å². The summed E-state index contributed by atoms with van der Waals surface area (Å²) < 4.78 is 4.74. The van der Waals surface area contributed by atoms with Gasteiger partial charge in [0, 0.05) is 5.25 Å². The van der Waals surface area contributed by atoms with Gasteiger partial charge in [-0.05, 0) is 19.8 Å². The molecule has 1 saturated carbocycles. The first-order valence-electron chi connectivity index (χ1n) is 6.01. The molecule has 0 aromatic carbocycles. The molecule has 0 saturated heterocycles. The molecule has 0 aromatic rings. The molecular formula is C12H20O3S. The van der Waals surface area contributed by atoms with Gasteiger partial charge in [-0.1, -0.05) is 19.3 Å². The number of thioether (sulfide) groups is 1. The molecule has 1 aliphatic carbocycles. The fourth-order valence-electron chi connectivity index (χ4n) is 1.87. The van der Waals surface area contributed by atoms with Gasteiger partial charge in [0.2, 0.25) is 0 Å². The summed E-state index contributed by atoms with van der Waals surface area (Å²) >= 11 is 1.71. The van der Waals surface area contributed by atoms with Crippen LogP contribution in [-0.4, -0.2) is 29.4 Å². The lowest BCUT2D eigenvalue weighted by molar-refractivity contribution is -0.145. The van der Waals surface area contributed by atoms with Crippen LogP contribution < -0.4 is 0 Å². The van der Waals surface area contributed by atoms with Crippen molar-refractivity contribution < 1.29 is 14.3 Å². The summed E-state index contributed by atoms with van der Waals surface area (Å²) in [7, 11) is 0. The Morgan fingerprint density at radius 1 is 1.25 bits per heavy atom. The number of carbonyl (C=O) groups excluding carboxylic acids is 2. The average molecular weight is 244 g/mol. The molecule has 92 valence electrons. The molecular weight excluding hydrogens is 224 g/mol.